The largest absolute Gasteiger partial charge is 0.322 e. The molecule has 2 saturated carbocycles. The number of allylic oxidation sites excluding steroid dienone is 4. The lowest BCUT2D eigenvalue weighted by atomic mass is 9.68. The number of hydrogen-bond acceptors (Lipinski definition) is 1. The maximum absolute atomic E-state index is 3.09. The van der Waals surface area contributed by atoms with E-state index < -0.39 is 0 Å². The highest BCUT2D eigenvalue weighted by molar-refractivity contribution is 6.35. The molecule has 1 aromatic rings. The molecule has 3 unspecified atom stereocenters. The Bertz CT molecular complexity index is 1080. The Morgan fingerprint density at radius 2 is 1.52 bits per heavy atom. The average Bonchev–Trinajstić information content (AvgIpc) is 3.43. The first kappa shape index (κ1) is 30.3. The zero-order valence-corrected chi connectivity index (χ0v) is 29.0. The van der Waals surface area contributed by atoms with Crippen molar-refractivity contribution < 1.29 is 0 Å². The van der Waals surface area contributed by atoms with Crippen LogP contribution in [0, 0.1) is 11.8 Å². The predicted molar refractivity (Wildman–Crippen MR) is 179 cm³/mol. The van der Waals surface area contributed by atoms with Gasteiger partial charge in [-0.15, -0.1) is 0 Å². The third-order valence-corrected chi connectivity index (χ3v) is 14.6. The minimum absolute atomic E-state index is 0.190. The van der Waals surface area contributed by atoms with E-state index in [9.17, 15) is 0 Å². The molecule has 0 spiro atoms. The van der Waals surface area contributed by atoms with Crippen molar-refractivity contribution in [2.75, 3.05) is 0 Å². The summed E-state index contributed by atoms with van der Waals surface area (Å²) in [5.41, 5.74) is 9.85. The standard InChI is InChI=1S/C38H61NSi/c1-9-11-22-38(23-12-10-2)33-25-28(36(3,4)5)19-20-30(33)32-24-27-18-21-35(31(27)26-34(32)38)40-39(37(6,7)8)29-16-14-13-15-17-29/h19-20,24-27,29,31,35H,9-18,21-23,40H2,1-8H3. The van der Waals surface area contributed by atoms with E-state index in [1.54, 1.807) is 22.3 Å². The molecule has 0 radical (unpaired) electrons. The first-order valence-electron chi connectivity index (χ1n) is 17.4. The van der Waals surface area contributed by atoms with Gasteiger partial charge in [-0.25, -0.2) is 0 Å². The molecule has 222 valence electrons. The van der Waals surface area contributed by atoms with E-state index in [2.05, 4.69) is 90.3 Å². The van der Waals surface area contributed by atoms with Crippen molar-refractivity contribution in [1.82, 2.24) is 4.57 Å². The topological polar surface area (TPSA) is 3.24 Å². The molecule has 0 N–H and O–H groups in total. The van der Waals surface area contributed by atoms with Crippen molar-refractivity contribution in [2.24, 2.45) is 11.8 Å². The van der Waals surface area contributed by atoms with Crippen LogP contribution in [-0.4, -0.2) is 25.8 Å². The summed E-state index contributed by atoms with van der Waals surface area (Å²) >= 11 is 0. The summed E-state index contributed by atoms with van der Waals surface area (Å²) in [5.74, 6) is 1.53. The van der Waals surface area contributed by atoms with Crippen LogP contribution < -0.4 is 0 Å². The van der Waals surface area contributed by atoms with E-state index in [-0.39, 0.29) is 20.5 Å². The maximum Gasteiger partial charge on any atom is 0.0997 e. The van der Waals surface area contributed by atoms with Crippen molar-refractivity contribution >= 4 is 15.3 Å². The molecule has 40 heavy (non-hydrogen) atoms. The number of hydrogen-bond donors (Lipinski definition) is 0. The van der Waals surface area contributed by atoms with Gasteiger partial charge < -0.3 is 4.57 Å². The van der Waals surface area contributed by atoms with Crippen LogP contribution in [0.3, 0.4) is 0 Å². The summed E-state index contributed by atoms with van der Waals surface area (Å²) in [6.07, 6.45) is 23.7. The van der Waals surface area contributed by atoms with Crippen molar-refractivity contribution in [1.29, 1.82) is 0 Å². The zero-order valence-electron chi connectivity index (χ0n) is 27.5. The first-order valence-corrected chi connectivity index (χ1v) is 18.8. The SMILES string of the molecule is CCCCC1(CCCC)C2=CC3C(C=C2c2ccc(C(C)(C)C)cc21)CCC3[SiH2]N(C1CCCCC1)C(C)(C)C. The van der Waals surface area contributed by atoms with Crippen LogP contribution in [0.25, 0.3) is 5.57 Å². The van der Waals surface area contributed by atoms with Crippen LogP contribution in [0.2, 0.25) is 5.54 Å². The van der Waals surface area contributed by atoms with Gasteiger partial charge in [0, 0.05) is 17.0 Å². The molecule has 0 heterocycles. The van der Waals surface area contributed by atoms with Crippen molar-refractivity contribution in [3.05, 3.63) is 52.6 Å². The maximum atomic E-state index is 3.09. The molecular weight excluding hydrogens is 499 g/mol. The number of unbranched alkanes of at least 4 members (excludes halogenated alkanes) is 2. The smallest absolute Gasteiger partial charge is 0.0997 e. The molecule has 0 aromatic heterocycles. The summed E-state index contributed by atoms with van der Waals surface area (Å²) in [6.45, 7) is 19.5. The Kier molecular flexibility index (Phi) is 9.00. The Morgan fingerprint density at radius 3 is 2.12 bits per heavy atom. The van der Waals surface area contributed by atoms with Crippen molar-refractivity contribution in [3.8, 4) is 0 Å². The van der Waals surface area contributed by atoms with Gasteiger partial charge in [0.2, 0.25) is 0 Å². The highest BCUT2D eigenvalue weighted by Gasteiger charge is 2.49. The van der Waals surface area contributed by atoms with E-state index in [1.165, 1.54) is 89.0 Å². The summed E-state index contributed by atoms with van der Waals surface area (Å²) in [5, 5.41) is 0. The molecule has 0 aliphatic heterocycles. The molecule has 2 fully saturated rings. The molecular formula is C38H61NSi. The Labute approximate surface area is 250 Å². The number of fused-ring (bicyclic) bond motifs is 4. The molecule has 3 atom stereocenters. The fourth-order valence-corrected chi connectivity index (χ4v) is 11.9. The second-order valence-corrected chi connectivity index (χ2v) is 18.2. The molecule has 1 nitrogen and oxygen atoms in total. The van der Waals surface area contributed by atoms with Gasteiger partial charge in [-0.3, -0.25) is 0 Å². The minimum Gasteiger partial charge on any atom is -0.322 e. The summed E-state index contributed by atoms with van der Waals surface area (Å²) in [7, 11) is -0.339. The Morgan fingerprint density at radius 1 is 0.850 bits per heavy atom. The number of rotatable bonds is 9. The third kappa shape index (κ3) is 5.75. The van der Waals surface area contributed by atoms with E-state index in [0.29, 0.717) is 5.54 Å². The molecule has 0 bridgehead atoms. The van der Waals surface area contributed by atoms with Gasteiger partial charge in [0.05, 0.1) is 9.68 Å². The van der Waals surface area contributed by atoms with Gasteiger partial charge in [-0.2, -0.15) is 0 Å². The van der Waals surface area contributed by atoms with E-state index >= 15 is 0 Å². The zero-order chi connectivity index (χ0) is 28.7. The first-order chi connectivity index (χ1) is 19.0. The second kappa shape index (κ2) is 11.9. The van der Waals surface area contributed by atoms with E-state index in [4.69, 9.17) is 0 Å². The van der Waals surface area contributed by atoms with E-state index in [1.807, 2.05) is 0 Å². The molecule has 5 rings (SSSR count). The lowest BCUT2D eigenvalue weighted by Gasteiger charge is -2.46. The van der Waals surface area contributed by atoms with Crippen LogP contribution in [0.5, 0.6) is 0 Å². The molecule has 4 aliphatic rings. The van der Waals surface area contributed by atoms with Crippen LogP contribution in [0.1, 0.15) is 156 Å². The number of nitrogens with zero attached hydrogens (tertiary/aromatic N) is 1. The molecule has 2 heteroatoms. The lowest BCUT2D eigenvalue weighted by Crippen LogP contribution is -2.52. The lowest BCUT2D eigenvalue weighted by molar-refractivity contribution is 0.152. The molecule has 4 aliphatic carbocycles. The van der Waals surface area contributed by atoms with Crippen LogP contribution >= 0.6 is 0 Å². The fourth-order valence-electron chi connectivity index (χ4n) is 9.07. The third-order valence-electron chi connectivity index (χ3n) is 11.4. The normalized spacial score (nSPS) is 26.7. The van der Waals surface area contributed by atoms with Crippen LogP contribution in [0.15, 0.2) is 35.9 Å². The fraction of sp³-hybridized carbons (Fsp3) is 0.737. The summed E-state index contributed by atoms with van der Waals surface area (Å²) in [4.78, 5) is 0. The van der Waals surface area contributed by atoms with Gasteiger partial charge in [0.25, 0.3) is 0 Å². The monoisotopic (exact) mass is 559 g/mol. The van der Waals surface area contributed by atoms with Crippen LogP contribution in [-0.2, 0) is 10.8 Å². The van der Waals surface area contributed by atoms with Crippen molar-refractivity contribution in [3.63, 3.8) is 0 Å². The average molecular weight is 560 g/mol. The summed E-state index contributed by atoms with van der Waals surface area (Å²) < 4.78 is 3.09. The Hall–Kier alpha value is -1.12. The quantitative estimate of drug-likeness (QED) is 0.272. The minimum atomic E-state index is -0.339. The number of benzene rings is 1. The molecule has 0 amide bonds. The highest BCUT2D eigenvalue weighted by atomic mass is 28.2. The molecule has 1 aromatic carbocycles. The van der Waals surface area contributed by atoms with Gasteiger partial charge >= 0.3 is 0 Å². The van der Waals surface area contributed by atoms with Crippen LogP contribution in [0.4, 0.5) is 0 Å². The Balaban J connectivity index is 1.54. The predicted octanol–water partition coefficient (Wildman–Crippen LogP) is 10.3. The van der Waals surface area contributed by atoms with Gasteiger partial charge in [-0.1, -0.05) is 116 Å². The van der Waals surface area contributed by atoms with Gasteiger partial charge in [0.1, 0.15) is 0 Å². The second-order valence-electron chi connectivity index (χ2n) is 16.2. The van der Waals surface area contributed by atoms with E-state index in [0.717, 1.165) is 23.4 Å². The van der Waals surface area contributed by atoms with Gasteiger partial charge in [-0.05, 0) is 104 Å². The van der Waals surface area contributed by atoms with Crippen molar-refractivity contribution in [2.45, 2.75) is 167 Å². The highest BCUT2D eigenvalue weighted by Crippen LogP contribution is 2.60. The van der Waals surface area contributed by atoms with Gasteiger partial charge in [0.15, 0.2) is 0 Å². The molecule has 0 saturated heterocycles. The summed E-state index contributed by atoms with van der Waals surface area (Å²) in [6, 6.07) is 8.49.